The third kappa shape index (κ3) is 1.80. The predicted molar refractivity (Wildman–Crippen MR) is 44.8 cm³/mol. The summed E-state index contributed by atoms with van der Waals surface area (Å²) in [6.45, 7) is -1.84. The highest BCUT2D eigenvalue weighted by Crippen LogP contribution is 2.67. The molecule has 1 rings (SSSR count). The number of ether oxygens (including phenoxy) is 1. The molecule has 0 spiro atoms. The molecule has 1 heterocycles. The first kappa shape index (κ1) is 19.2. The molecule has 1 aliphatic heterocycles. The number of hydrogen-bond acceptors (Lipinski definition) is 1. The number of halogens is 12. The van der Waals surface area contributed by atoms with Crippen LogP contribution >= 0.6 is 0 Å². The first-order valence-electron chi connectivity index (χ1n) is 5.18. The molecule has 0 saturated carbocycles. The Labute approximate surface area is 114 Å². The van der Waals surface area contributed by atoms with Crippen molar-refractivity contribution in [1.29, 1.82) is 0 Å². The van der Waals surface area contributed by atoms with E-state index in [0.29, 0.717) is 0 Å². The van der Waals surface area contributed by atoms with E-state index < -0.39 is 55.2 Å². The van der Waals surface area contributed by atoms with Crippen molar-refractivity contribution in [3.63, 3.8) is 0 Å². The Balaban J connectivity index is 3.79. The lowest BCUT2D eigenvalue weighted by molar-refractivity contribution is -0.546. The van der Waals surface area contributed by atoms with Crippen molar-refractivity contribution in [2.45, 2.75) is 55.2 Å². The molecular formula is C9H6F12O. The first-order chi connectivity index (χ1) is 9.21. The minimum atomic E-state index is -7.00. The van der Waals surface area contributed by atoms with Gasteiger partial charge in [-0.3, -0.25) is 4.74 Å². The summed E-state index contributed by atoms with van der Waals surface area (Å²) < 4.78 is 159. The summed E-state index contributed by atoms with van der Waals surface area (Å²) >= 11 is 0. The topological polar surface area (TPSA) is 9.23 Å². The van der Waals surface area contributed by atoms with Crippen molar-refractivity contribution in [3.05, 3.63) is 0 Å². The van der Waals surface area contributed by atoms with E-state index in [4.69, 9.17) is 0 Å². The Hall–Kier alpha value is -0.880. The molecule has 0 aromatic rings. The van der Waals surface area contributed by atoms with Gasteiger partial charge in [-0.2, -0.15) is 39.5 Å². The van der Waals surface area contributed by atoms with Crippen LogP contribution in [0.15, 0.2) is 0 Å². The second kappa shape index (κ2) is 4.15. The molecule has 1 saturated heterocycles. The van der Waals surface area contributed by atoms with Crippen molar-refractivity contribution in [2.75, 3.05) is 0 Å². The predicted octanol–water partition coefficient (Wildman–Crippen LogP) is 4.56. The van der Waals surface area contributed by atoms with E-state index in [0.717, 1.165) is 0 Å². The molecule has 0 amide bonds. The molecule has 0 aromatic heterocycles. The maximum atomic E-state index is 13.7. The molecule has 13 heteroatoms. The van der Waals surface area contributed by atoms with Crippen molar-refractivity contribution in [1.82, 2.24) is 0 Å². The van der Waals surface area contributed by atoms with Gasteiger partial charge >= 0.3 is 35.7 Å². The molecule has 3 unspecified atom stereocenters. The molecule has 22 heavy (non-hydrogen) atoms. The fourth-order valence-corrected chi connectivity index (χ4v) is 1.72. The van der Waals surface area contributed by atoms with Gasteiger partial charge in [0.25, 0.3) is 0 Å². The van der Waals surface area contributed by atoms with Crippen LogP contribution in [0.25, 0.3) is 0 Å². The maximum Gasteiger partial charge on any atom is 0.455 e. The lowest BCUT2D eigenvalue weighted by Crippen LogP contribution is -2.83. The van der Waals surface area contributed by atoms with Gasteiger partial charge in [-0.25, -0.2) is 13.2 Å². The van der Waals surface area contributed by atoms with E-state index in [1.54, 1.807) is 0 Å². The van der Waals surface area contributed by atoms with E-state index >= 15 is 0 Å². The van der Waals surface area contributed by atoms with Crippen LogP contribution in [0.5, 0.6) is 0 Å². The van der Waals surface area contributed by atoms with E-state index in [1.807, 2.05) is 0 Å². The number of hydrogen-bond donors (Lipinski definition) is 0. The van der Waals surface area contributed by atoms with Crippen molar-refractivity contribution < 1.29 is 57.4 Å². The summed E-state index contributed by atoms with van der Waals surface area (Å²) in [6.07, 6.45) is -7.00. The van der Waals surface area contributed by atoms with Crippen LogP contribution in [0.3, 0.4) is 0 Å². The van der Waals surface area contributed by atoms with Gasteiger partial charge in [-0.05, 0) is 6.92 Å². The monoisotopic (exact) mass is 358 g/mol. The van der Waals surface area contributed by atoms with Crippen molar-refractivity contribution >= 4 is 0 Å². The largest absolute Gasteiger partial charge is 0.455 e. The number of rotatable bonds is 1. The summed E-state index contributed by atoms with van der Waals surface area (Å²) in [5, 5.41) is 0. The van der Waals surface area contributed by atoms with Gasteiger partial charge in [-0.1, -0.05) is 0 Å². The van der Waals surface area contributed by atoms with Crippen molar-refractivity contribution in [2.24, 2.45) is 0 Å². The van der Waals surface area contributed by atoms with Crippen LogP contribution < -0.4 is 0 Å². The Bertz CT molecular complexity index is 422. The quantitative estimate of drug-likeness (QED) is 0.625. The summed E-state index contributed by atoms with van der Waals surface area (Å²) in [5.41, 5.74) is -5.99. The van der Waals surface area contributed by atoms with Gasteiger partial charge in [0.05, 0.1) is 0 Å². The Morgan fingerprint density at radius 1 is 0.682 bits per heavy atom. The molecule has 0 N–H and O–H groups in total. The molecule has 0 aliphatic carbocycles. The summed E-state index contributed by atoms with van der Waals surface area (Å²) in [7, 11) is 0. The van der Waals surface area contributed by atoms with Gasteiger partial charge in [0.2, 0.25) is 5.67 Å². The average molecular weight is 358 g/mol. The fraction of sp³-hybridized carbons (Fsp3) is 1.00. The van der Waals surface area contributed by atoms with Crippen LogP contribution in [-0.2, 0) is 4.74 Å². The van der Waals surface area contributed by atoms with Gasteiger partial charge in [0, 0.05) is 6.92 Å². The summed E-state index contributed by atoms with van der Waals surface area (Å²) in [5.74, 6) is -32.0. The first-order valence-corrected chi connectivity index (χ1v) is 5.18. The highest BCUT2D eigenvalue weighted by atomic mass is 19.4. The second-order valence-electron chi connectivity index (χ2n) is 4.83. The molecule has 0 radical (unpaired) electrons. The third-order valence-corrected chi connectivity index (χ3v) is 3.20. The van der Waals surface area contributed by atoms with Gasteiger partial charge < -0.3 is 0 Å². The average Bonchev–Trinajstić information content (AvgIpc) is 2.23. The summed E-state index contributed by atoms with van der Waals surface area (Å²) in [4.78, 5) is 0. The van der Waals surface area contributed by atoms with Crippen LogP contribution in [0, 0.1) is 0 Å². The lowest BCUT2D eigenvalue weighted by atomic mass is 9.78. The van der Waals surface area contributed by atoms with E-state index in [9.17, 15) is 52.7 Å². The van der Waals surface area contributed by atoms with E-state index in [-0.39, 0.29) is 0 Å². The normalized spacial score (nSPS) is 42.3. The highest BCUT2D eigenvalue weighted by Gasteiger charge is 2.96. The highest BCUT2D eigenvalue weighted by molar-refractivity contribution is 5.20. The Morgan fingerprint density at radius 2 is 1.00 bits per heavy atom. The van der Waals surface area contributed by atoms with Crippen LogP contribution in [0.2, 0.25) is 0 Å². The zero-order valence-corrected chi connectivity index (χ0v) is 10.4. The van der Waals surface area contributed by atoms with Crippen molar-refractivity contribution in [3.8, 4) is 0 Å². The SMILES string of the molecule is CC(F)(F)C1(F)OC(F)(C(F)(F)F)C(F)(F)C(C)(F)C1(F)F. The minimum absolute atomic E-state index is 0.808. The molecule has 3 atom stereocenters. The lowest BCUT2D eigenvalue weighted by Gasteiger charge is -2.54. The molecule has 0 aromatic carbocycles. The van der Waals surface area contributed by atoms with Crippen LogP contribution in [-0.4, -0.2) is 41.3 Å². The Morgan fingerprint density at radius 3 is 1.27 bits per heavy atom. The molecular weight excluding hydrogens is 352 g/mol. The molecule has 1 nitrogen and oxygen atoms in total. The second-order valence-corrected chi connectivity index (χ2v) is 4.83. The van der Waals surface area contributed by atoms with E-state index in [2.05, 4.69) is 4.74 Å². The van der Waals surface area contributed by atoms with E-state index in [1.165, 1.54) is 0 Å². The molecule has 0 bridgehead atoms. The maximum absolute atomic E-state index is 13.7. The van der Waals surface area contributed by atoms with Gasteiger partial charge in [0.15, 0.2) is 0 Å². The van der Waals surface area contributed by atoms with Gasteiger partial charge in [-0.15, -0.1) is 0 Å². The smallest absolute Gasteiger partial charge is 0.286 e. The zero-order chi connectivity index (χ0) is 18.2. The fourth-order valence-electron chi connectivity index (χ4n) is 1.72. The minimum Gasteiger partial charge on any atom is -0.286 e. The molecule has 1 aliphatic rings. The standard InChI is InChI=1S/C9H6F12O/c1-3(10)5(13,14)7(17,4(2,11)12)22-8(18,6(3,15)16)9(19,20)21/h1-2H3. The van der Waals surface area contributed by atoms with Crippen LogP contribution in [0.4, 0.5) is 52.7 Å². The van der Waals surface area contributed by atoms with Crippen LogP contribution in [0.1, 0.15) is 13.8 Å². The summed E-state index contributed by atoms with van der Waals surface area (Å²) in [6, 6.07) is 0. The van der Waals surface area contributed by atoms with Gasteiger partial charge in [0.1, 0.15) is 0 Å². The number of alkyl halides is 12. The molecule has 1 fully saturated rings. The Kier molecular flexibility index (Phi) is 3.61. The third-order valence-electron chi connectivity index (χ3n) is 3.20. The molecule has 132 valence electrons. The zero-order valence-electron chi connectivity index (χ0n) is 10.4.